The molecule has 1 N–H and O–H groups in total. The van der Waals surface area contributed by atoms with Crippen LogP contribution in [0.4, 0.5) is 0 Å². The Morgan fingerprint density at radius 1 is 1.56 bits per heavy atom. The van der Waals surface area contributed by atoms with Crippen molar-refractivity contribution < 1.29 is 4.79 Å². The molecule has 1 heterocycles. The molecule has 86 valence electrons. The average molecular weight is 218 g/mol. The lowest BCUT2D eigenvalue weighted by Crippen LogP contribution is -2.33. The van der Waals surface area contributed by atoms with Crippen molar-refractivity contribution in [1.82, 2.24) is 10.3 Å². The molecule has 16 heavy (non-hydrogen) atoms. The van der Waals surface area contributed by atoms with Crippen molar-refractivity contribution in [1.29, 1.82) is 0 Å². The van der Waals surface area contributed by atoms with E-state index in [1.807, 2.05) is 0 Å². The molecule has 0 saturated heterocycles. The number of hydrogen-bond acceptors (Lipinski definition) is 2. The number of nitrogens with one attached hydrogen (secondary N) is 1. The Morgan fingerprint density at radius 3 is 2.94 bits per heavy atom. The van der Waals surface area contributed by atoms with Gasteiger partial charge in [0.1, 0.15) is 0 Å². The Hall–Kier alpha value is -1.38. The molecular weight excluding hydrogens is 200 g/mol. The molecule has 1 aromatic heterocycles. The number of pyridine rings is 1. The number of amides is 1. The molecule has 1 saturated carbocycles. The number of carbonyl (C=O) groups is 1. The van der Waals surface area contributed by atoms with Gasteiger partial charge in [0.2, 0.25) is 0 Å². The first kappa shape index (κ1) is 11.1. The number of rotatable bonds is 2. The summed E-state index contributed by atoms with van der Waals surface area (Å²) in [6, 6.07) is 3.90. The maximum Gasteiger partial charge on any atom is 0.253 e. The van der Waals surface area contributed by atoms with Crippen LogP contribution in [0.1, 0.15) is 43.5 Å². The van der Waals surface area contributed by atoms with E-state index < -0.39 is 0 Å². The van der Waals surface area contributed by atoms with Gasteiger partial charge in [-0.05, 0) is 36.8 Å². The van der Waals surface area contributed by atoms with Gasteiger partial charge in [0.05, 0.1) is 5.56 Å². The third-order valence-corrected chi connectivity index (χ3v) is 3.23. The van der Waals surface area contributed by atoms with Gasteiger partial charge in [-0.3, -0.25) is 9.78 Å². The van der Waals surface area contributed by atoms with E-state index in [0.29, 0.717) is 17.0 Å². The predicted octanol–water partition coefficient (Wildman–Crippen LogP) is 2.39. The fraction of sp³-hybridized carbons (Fsp3) is 0.538. The van der Waals surface area contributed by atoms with E-state index in [1.165, 1.54) is 6.42 Å². The van der Waals surface area contributed by atoms with Crippen LogP contribution in [-0.4, -0.2) is 16.9 Å². The van der Waals surface area contributed by atoms with Gasteiger partial charge in [-0.2, -0.15) is 0 Å². The summed E-state index contributed by atoms with van der Waals surface area (Å²) in [5, 5.41) is 3.07. The fourth-order valence-electron chi connectivity index (χ4n) is 2.33. The topological polar surface area (TPSA) is 42.0 Å². The van der Waals surface area contributed by atoms with Gasteiger partial charge in [-0.1, -0.05) is 13.8 Å². The molecule has 0 aromatic carbocycles. The lowest BCUT2D eigenvalue weighted by atomic mass is 9.92. The second kappa shape index (κ2) is 4.24. The van der Waals surface area contributed by atoms with Crippen molar-refractivity contribution in [2.75, 3.05) is 0 Å². The van der Waals surface area contributed by atoms with Crippen LogP contribution in [0.25, 0.3) is 0 Å². The first-order valence-electron chi connectivity index (χ1n) is 5.78. The zero-order chi connectivity index (χ0) is 11.6. The van der Waals surface area contributed by atoms with E-state index >= 15 is 0 Å². The third-order valence-electron chi connectivity index (χ3n) is 3.23. The van der Waals surface area contributed by atoms with Gasteiger partial charge in [0, 0.05) is 18.4 Å². The van der Waals surface area contributed by atoms with E-state index in [2.05, 4.69) is 24.1 Å². The summed E-state index contributed by atoms with van der Waals surface area (Å²) < 4.78 is 0. The monoisotopic (exact) mass is 218 g/mol. The van der Waals surface area contributed by atoms with E-state index in [1.54, 1.807) is 24.5 Å². The van der Waals surface area contributed by atoms with Crippen LogP contribution in [0, 0.1) is 5.41 Å². The van der Waals surface area contributed by atoms with E-state index in [4.69, 9.17) is 0 Å². The Balaban J connectivity index is 1.94. The van der Waals surface area contributed by atoms with E-state index in [9.17, 15) is 4.79 Å². The molecule has 1 amide bonds. The molecule has 3 heteroatoms. The van der Waals surface area contributed by atoms with Crippen LogP contribution in [0.2, 0.25) is 0 Å². The zero-order valence-electron chi connectivity index (χ0n) is 9.86. The quantitative estimate of drug-likeness (QED) is 0.828. The van der Waals surface area contributed by atoms with Crippen molar-refractivity contribution in [3.63, 3.8) is 0 Å². The molecule has 2 rings (SSSR count). The van der Waals surface area contributed by atoms with Gasteiger partial charge in [0.25, 0.3) is 5.91 Å². The first-order valence-corrected chi connectivity index (χ1v) is 5.78. The lowest BCUT2D eigenvalue weighted by Gasteiger charge is -2.17. The van der Waals surface area contributed by atoms with Gasteiger partial charge in [-0.15, -0.1) is 0 Å². The van der Waals surface area contributed by atoms with Crippen LogP contribution in [0.15, 0.2) is 24.5 Å². The highest BCUT2D eigenvalue weighted by Gasteiger charge is 2.31. The van der Waals surface area contributed by atoms with Crippen LogP contribution in [0.3, 0.4) is 0 Å². The van der Waals surface area contributed by atoms with Gasteiger partial charge < -0.3 is 5.32 Å². The normalized spacial score (nSPS) is 23.0. The van der Waals surface area contributed by atoms with Crippen LogP contribution in [0.5, 0.6) is 0 Å². The number of hydrogen-bond donors (Lipinski definition) is 1. The first-order chi connectivity index (χ1) is 7.57. The third kappa shape index (κ3) is 2.60. The smallest absolute Gasteiger partial charge is 0.253 e. The number of carbonyl (C=O) groups excluding carboxylic acids is 1. The molecule has 3 nitrogen and oxygen atoms in total. The van der Waals surface area contributed by atoms with Crippen molar-refractivity contribution in [3.8, 4) is 0 Å². The Labute approximate surface area is 96.3 Å². The van der Waals surface area contributed by atoms with Crippen LogP contribution >= 0.6 is 0 Å². The van der Waals surface area contributed by atoms with Gasteiger partial charge in [0.15, 0.2) is 0 Å². The summed E-state index contributed by atoms with van der Waals surface area (Å²) in [6.45, 7) is 4.51. The van der Waals surface area contributed by atoms with Crippen molar-refractivity contribution in [2.45, 2.75) is 39.2 Å². The summed E-state index contributed by atoms with van der Waals surface area (Å²) in [6.07, 6.45) is 6.62. The summed E-state index contributed by atoms with van der Waals surface area (Å²) in [5.74, 6) is -0.00389. The van der Waals surface area contributed by atoms with Crippen molar-refractivity contribution in [3.05, 3.63) is 30.1 Å². The minimum Gasteiger partial charge on any atom is -0.349 e. The second-order valence-corrected chi connectivity index (χ2v) is 5.32. The molecule has 0 aliphatic heterocycles. The summed E-state index contributed by atoms with van der Waals surface area (Å²) >= 11 is 0. The Morgan fingerprint density at radius 2 is 2.38 bits per heavy atom. The maximum atomic E-state index is 11.9. The molecule has 1 fully saturated rings. The van der Waals surface area contributed by atoms with Crippen LogP contribution in [-0.2, 0) is 0 Å². The molecule has 1 aromatic rings. The largest absolute Gasteiger partial charge is 0.349 e. The van der Waals surface area contributed by atoms with E-state index in [0.717, 1.165) is 12.8 Å². The summed E-state index contributed by atoms with van der Waals surface area (Å²) in [5.41, 5.74) is 1.01. The molecule has 1 unspecified atom stereocenters. The van der Waals surface area contributed by atoms with Gasteiger partial charge in [-0.25, -0.2) is 0 Å². The van der Waals surface area contributed by atoms with Crippen molar-refractivity contribution in [2.24, 2.45) is 5.41 Å². The average Bonchev–Trinajstić information content (AvgIpc) is 2.59. The minimum absolute atomic E-state index is 0.00389. The second-order valence-electron chi connectivity index (χ2n) is 5.32. The van der Waals surface area contributed by atoms with Crippen molar-refractivity contribution >= 4 is 5.91 Å². The number of aromatic nitrogens is 1. The maximum absolute atomic E-state index is 11.9. The van der Waals surface area contributed by atoms with Crippen LogP contribution < -0.4 is 5.32 Å². The molecule has 1 atom stereocenters. The Kier molecular flexibility index (Phi) is 2.95. The minimum atomic E-state index is -0.00389. The SMILES string of the molecule is CC1(C)CCC(NC(=O)c2cccnc2)C1. The summed E-state index contributed by atoms with van der Waals surface area (Å²) in [4.78, 5) is 15.8. The zero-order valence-corrected chi connectivity index (χ0v) is 9.86. The Bertz CT molecular complexity index is 373. The summed E-state index contributed by atoms with van der Waals surface area (Å²) in [7, 11) is 0. The highest BCUT2D eigenvalue weighted by Crippen LogP contribution is 2.36. The molecule has 1 aliphatic rings. The van der Waals surface area contributed by atoms with Gasteiger partial charge >= 0.3 is 0 Å². The molecule has 0 bridgehead atoms. The standard InChI is InChI=1S/C13H18N2O/c1-13(2)6-5-11(8-13)15-12(16)10-4-3-7-14-9-10/h3-4,7,9,11H,5-6,8H2,1-2H3,(H,15,16). The number of nitrogens with zero attached hydrogens (tertiary/aromatic N) is 1. The molecular formula is C13H18N2O. The highest BCUT2D eigenvalue weighted by molar-refractivity contribution is 5.94. The molecule has 0 radical (unpaired) electrons. The molecule has 1 aliphatic carbocycles. The molecule has 0 spiro atoms. The fourth-order valence-corrected chi connectivity index (χ4v) is 2.33. The predicted molar refractivity (Wildman–Crippen MR) is 63.1 cm³/mol. The van der Waals surface area contributed by atoms with E-state index in [-0.39, 0.29) is 5.91 Å². The highest BCUT2D eigenvalue weighted by atomic mass is 16.1. The lowest BCUT2D eigenvalue weighted by molar-refractivity contribution is 0.0935.